The summed E-state index contributed by atoms with van der Waals surface area (Å²) >= 11 is 0. The number of allylic oxidation sites excluding steroid dienone is 4. The minimum Gasteiger partial charge on any atom is -0.507 e. The monoisotopic (exact) mass is 438 g/mol. The highest BCUT2D eigenvalue weighted by atomic mass is 16.5. The quantitative estimate of drug-likeness (QED) is 0.319. The average molecular weight is 439 g/mol. The molecule has 0 fully saturated rings. The van der Waals surface area contributed by atoms with Gasteiger partial charge in [0.05, 0.1) is 6.42 Å². The number of carbonyl (C=O) groups is 1. The molecule has 4 N–H and O–H groups in total. The topological polar surface area (TPSA) is 107 Å². The van der Waals surface area contributed by atoms with Crippen molar-refractivity contribution in [3.63, 3.8) is 0 Å². The minimum absolute atomic E-state index is 0.0294. The van der Waals surface area contributed by atoms with Gasteiger partial charge in [-0.1, -0.05) is 29.4 Å². The van der Waals surface area contributed by atoms with Crippen molar-refractivity contribution in [2.45, 2.75) is 59.0 Å². The molecule has 170 valence electrons. The first-order chi connectivity index (χ1) is 15.2. The molecule has 2 aromatic carbocycles. The molecule has 1 aliphatic heterocycles. The highest BCUT2D eigenvalue weighted by Crippen LogP contribution is 2.45. The van der Waals surface area contributed by atoms with Gasteiger partial charge in [-0.15, -0.1) is 0 Å². The molecule has 0 saturated heterocycles. The summed E-state index contributed by atoms with van der Waals surface area (Å²) in [7, 11) is 0. The van der Waals surface area contributed by atoms with E-state index in [0.29, 0.717) is 24.0 Å². The lowest BCUT2D eigenvalue weighted by Crippen LogP contribution is -2.21. The predicted molar refractivity (Wildman–Crippen MR) is 123 cm³/mol. The zero-order valence-corrected chi connectivity index (χ0v) is 18.7. The van der Waals surface area contributed by atoms with Gasteiger partial charge in [-0.05, 0) is 64.2 Å². The second kappa shape index (κ2) is 9.81. The highest BCUT2D eigenvalue weighted by Gasteiger charge is 2.32. The molecular formula is C26H30O6. The molecule has 0 radical (unpaired) electrons. The normalized spacial score (nSPS) is 15.8. The first-order valence-corrected chi connectivity index (χ1v) is 10.8. The van der Waals surface area contributed by atoms with Gasteiger partial charge in [0.1, 0.15) is 28.9 Å². The van der Waals surface area contributed by atoms with Gasteiger partial charge in [-0.2, -0.15) is 0 Å². The van der Waals surface area contributed by atoms with Crippen molar-refractivity contribution < 1.29 is 30.0 Å². The maximum Gasteiger partial charge on any atom is 0.174 e. The van der Waals surface area contributed by atoms with Crippen LogP contribution in [-0.2, 0) is 6.42 Å². The summed E-state index contributed by atoms with van der Waals surface area (Å²) in [5, 5.41) is 40.4. The molecule has 0 saturated carbocycles. The third kappa shape index (κ3) is 5.25. The molecule has 32 heavy (non-hydrogen) atoms. The molecule has 0 aromatic heterocycles. The van der Waals surface area contributed by atoms with E-state index in [2.05, 4.69) is 32.9 Å². The van der Waals surface area contributed by atoms with Crippen LogP contribution in [0.2, 0.25) is 0 Å². The first kappa shape index (κ1) is 23.3. The molecule has 1 atom stereocenters. The van der Waals surface area contributed by atoms with Crippen LogP contribution in [0.4, 0.5) is 0 Å². The van der Waals surface area contributed by atoms with Crippen molar-refractivity contribution >= 4 is 5.78 Å². The largest absolute Gasteiger partial charge is 0.507 e. The van der Waals surface area contributed by atoms with Gasteiger partial charge in [-0.3, -0.25) is 4.79 Å². The van der Waals surface area contributed by atoms with E-state index in [1.807, 2.05) is 0 Å². The van der Waals surface area contributed by atoms with Gasteiger partial charge >= 0.3 is 0 Å². The van der Waals surface area contributed by atoms with Gasteiger partial charge < -0.3 is 25.2 Å². The summed E-state index contributed by atoms with van der Waals surface area (Å²) in [5.74, 6) is -1.15. The highest BCUT2D eigenvalue weighted by molar-refractivity contribution is 6.03. The number of hydrogen-bond donors (Lipinski definition) is 4. The molecule has 2 aromatic rings. The van der Waals surface area contributed by atoms with E-state index in [1.54, 1.807) is 6.07 Å². The fourth-order valence-corrected chi connectivity index (χ4v) is 3.83. The Kier molecular flexibility index (Phi) is 7.13. The summed E-state index contributed by atoms with van der Waals surface area (Å²) in [6.45, 7) is 6.20. The summed E-state index contributed by atoms with van der Waals surface area (Å²) in [5.41, 5.74) is 3.43. The van der Waals surface area contributed by atoms with E-state index >= 15 is 0 Å². The molecule has 0 spiro atoms. The van der Waals surface area contributed by atoms with Crippen molar-refractivity contribution in [3.05, 3.63) is 64.3 Å². The van der Waals surface area contributed by atoms with Gasteiger partial charge in [0, 0.05) is 11.6 Å². The van der Waals surface area contributed by atoms with Crippen LogP contribution in [0.25, 0.3) is 0 Å². The zero-order valence-electron chi connectivity index (χ0n) is 18.7. The molecule has 0 unspecified atom stereocenters. The SMILES string of the molecule is CC(C)=CCC/C(C)=C/CCc1c(O)cc2c(c1O)C(=O)C[C@@H](c1ccc(O)c(O)c1)O2. The van der Waals surface area contributed by atoms with E-state index in [-0.39, 0.29) is 46.5 Å². The number of benzene rings is 2. The fraction of sp³-hybridized carbons (Fsp3) is 0.346. The number of rotatable bonds is 7. The Bertz CT molecular complexity index is 1080. The van der Waals surface area contributed by atoms with Crippen LogP contribution in [0, 0.1) is 0 Å². The van der Waals surface area contributed by atoms with E-state index in [9.17, 15) is 25.2 Å². The maximum absolute atomic E-state index is 12.8. The third-order valence-corrected chi connectivity index (χ3v) is 5.61. The fourth-order valence-electron chi connectivity index (χ4n) is 3.83. The number of ketones is 1. The summed E-state index contributed by atoms with van der Waals surface area (Å²) in [4.78, 5) is 12.8. The molecular weight excluding hydrogens is 408 g/mol. The number of hydrogen-bond acceptors (Lipinski definition) is 6. The Morgan fingerprint density at radius 2 is 1.75 bits per heavy atom. The Labute approximate surface area is 188 Å². The van der Waals surface area contributed by atoms with Crippen LogP contribution in [0.3, 0.4) is 0 Å². The van der Waals surface area contributed by atoms with Crippen molar-refractivity contribution in [2.75, 3.05) is 0 Å². The Hall–Kier alpha value is -3.41. The second-order valence-corrected chi connectivity index (χ2v) is 8.49. The predicted octanol–water partition coefficient (Wildman–Crippen LogP) is 5.84. The molecule has 0 aliphatic carbocycles. The van der Waals surface area contributed by atoms with Crippen molar-refractivity contribution in [2.24, 2.45) is 0 Å². The molecule has 1 heterocycles. The Balaban J connectivity index is 1.76. The molecule has 6 nitrogen and oxygen atoms in total. The number of phenolic OH excluding ortho intramolecular Hbond substituents is 4. The Morgan fingerprint density at radius 3 is 2.44 bits per heavy atom. The van der Waals surface area contributed by atoms with Crippen molar-refractivity contribution in [1.82, 2.24) is 0 Å². The summed E-state index contributed by atoms with van der Waals surface area (Å²) in [6.07, 6.45) is 6.51. The Morgan fingerprint density at radius 1 is 1.00 bits per heavy atom. The zero-order chi connectivity index (χ0) is 23.4. The maximum atomic E-state index is 12.8. The van der Waals surface area contributed by atoms with Crippen LogP contribution >= 0.6 is 0 Å². The van der Waals surface area contributed by atoms with Gasteiger partial charge in [-0.25, -0.2) is 0 Å². The van der Waals surface area contributed by atoms with Crippen LogP contribution in [0.5, 0.6) is 28.7 Å². The molecule has 3 rings (SSSR count). The summed E-state index contributed by atoms with van der Waals surface area (Å²) < 4.78 is 5.86. The lowest BCUT2D eigenvalue weighted by Gasteiger charge is -2.27. The molecule has 1 aliphatic rings. The number of ether oxygens (including phenoxy) is 1. The van der Waals surface area contributed by atoms with E-state index in [0.717, 1.165) is 12.8 Å². The van der Waals surface area contributed by atoms with E-state index in [4.69, 9.17) is 4.74 Å². The third-order valence-electron chi connectivity index (χ3n) is 5.61. The summed E-state index contributed by atoms with van der Waals surface area (Å²) in [6, 6.07) is 5.57. The lowest BCUT2D eigenvalue weighted by molar-refractivity contribution is 0.0844. The number of Topliss-reactive ketones (excluding diaryl/α,β-unsaturated/α-hetero) is 1. The number of phenols is 4. The molecule has 6 heteroatoms. The van der Waals surface area contributed by atoms with Crippen LogP contribution < -0.4 is 4.74 Å². The standard InChI is InChI=1S/C26H30O6/c1-15(2)6-4-7-16(3)8-5-9-18-20(28)13-24-25(26(18)31)22(30)14-23(32-24)17-10-11-19(27)21(29)12-17/h6,8,10-13,23,27-29,31H,4-5,7,9,14H2,1-3H3/b16-8+/t23-/m0/s1. The second-order valence-electron chi connectivity index (χ2n) is 8.49. The first-order valence-electron chi connectivity index (χ1n) is 10.8. The van der Waals surface area contributed by atoms with Crippen molar-refractivity contribution in [1.29, 1.82) is 0 Å². The molecule has 0 amide bonds. The van der Waals surface area contributed by atoms with Gasteiger partial charge in [0.15, 0.2) is 17.3 Å². The van der Waals surface area contributed by atoms with Crippen LogP contribution in [0.1, 0.15) is 74.0 Å². The minimum atomic E-state index is -0.697. The van der Waals surface area contributed by atoms with Gasteiger partial charge in [0.25, 0.3) is 0 Å². The van der Waals surface area contributed by atoms with Crippen LogP contribution in [-0.4, -0.2) is 26.2 Å². The van der Waals surface area contributed by atoms with E-state index in [1.165, 1.54) is 29.3 Å². The molecule has 0 bridgehead atoms. The lowest BCUT2D eigenvalue weighted by atomic mass is 9.92. The number of carbonyl (C=O) groups excluding carboxylic acids is 1. The van der Waals surface area contributed by atoms with E-state index < -0.39 is 6.10 Å². The average Bonchev–Trinajstić information content (AvgIpc) is 2.71. The smallest absolute Gasteiger partial charge is 0.174 e. The van der Waals surface area contributed by atoms with Gasteiger partial charge in [0.2, 0.25) is 0 Å². The number of fused-ring (bicyclic) bond motifs is 1. The van der Waals surface area contributed by atoms with Crippen molar-refractivity contribution in [3.8, 4) is 28.7 Å². The number of aromatic hydroxyl groups is 4. The van der Waals surface area contributed by atoms with Crippen LogP contribution in [0.15, 0.2) is 47.6 Å².